The van der Waals surface area contributed by atoms with Crippen LogP contribution in [-0.2, 0) is 6.54 Å². The maximum absolute atomic E-state index is 4.44. The highest BCUT2D eigenvalue weighted by atomic mass is 79.9. The first-order valence-corrected chi connectivity index (χ1v) is 11.1. The van der Waals surface area contributed by atoms with Crippen molar-refractivity contribution in [1.82, 2.24) is 4.98 Å². The molecule has 152 valence electrons. The molecule has 3 heteroatoms. The Morgan fingerprint density at radius 3 is 1.81 bits per heavy atom. The molecule has 2 aromatic rings. The van der Waals surface area contributed by atoms with E-state index in [0.717, 1.165) is 12.1 Å². The standard InChI is InChI=1S/C24H39N2.BrH/c1-2-3-4-5-6-7-8-9-10-11-12-13-14-17-21-26-22-20-25-23-18-15-16-19-24(23)26;/h15-16,18-20,22H,2-14,17,21H2,1H3;1H/q+1;/p-1. The number of aryl methyl sites for hydroxylation is 1. The van der Waals surface area contributed by atoms with Crippen molar-refractivity contribution >= 4 is 11.0 Å². The summed E-state index contributed by atoms with van der Waals surface area (Å²) >= 11 is 0. The molecule has 2 nitrogen and oxygen atoms in total. The van der Waals surface area contributed by atoms with Gasteiger partial charge in [-0.25, -0.2) is 4.98 Å². The molecule has 1 aromatic heterocycles. The Morgan fingerprint density at radius 1 is 0.704 bits per heavy atom. The van der Waals surface area contributed by atoms with Crippen molar-refractivity contribution in [2.24, 2.45) is 0 Å². The van der Waals surface area contributed by atoms with E-state index in [1.54, 1.807) is 0 Å². The van der Waals surface area contributed by atoms with Crippen molar-refractivity contribution in [3.8, 4) is 0 Å². The number of para-hydroxylation sites is 2. The minimum Gasteiger partial charge on any atom is -1.00 e. The van der Waals surface area contributed by atoms with Crippen LogP contribution in [0.5, 0.6) is 0 Å². The van der Waals surface area contributed by atoms with Gasteiger partial charge < -0.3 is 17.0 Å². The molecule has 1 heterocycles. The van der Waals surface area contributed by atoms with E-state index in [1.165, 1.54) is 95.4 Å². The molecule has 0 saturated heterocycles. The Kier molecular flexibility index (Phi) is 14.3. The largest absolute Gasteiger partial charge is 1.00 e. The summed E-state index contributed by atoms with van der Waals surface area (Å²) in [6.45, 7) is 3.40. The summed E-state index contributed by atoms with van der Waals surface area (Å²) in [6.07, 6.45) is 23.9. The molecule has 0 radical (unpaired) electrons. The molecule has 27 heavy (non-hydrogen) atoms. The zero-order valence-corrected chi connectivity index (χ0v) is 18.9. The number of nitrogens with zero attached hydrogens (tertiary/aromatic N) is 2. The summed E-state index contributed by atoms with van der Waals surface area (Å²) in [5, 5.41) is 0. The second-order valence-corrected chi connectivity index (χ2v) is 7.71. The summed E-state index contributed by atoms with van der Waals surface area (Å²) in [7, 11) is 0. The summed E-state index contributed by atoms with van der Waals surface area (Å²) < 4.78 is 2.35. The zero-order chi connectivity index (χ0) is 18.3. The number of rotatable bonds is 15. The van der Waals surface area contributed by atoms with Crippen LogP contribution in [0.3, 0.4) is 0 Å². The molecule has 0 amide bonds. The van der Waals surface area contributed by atoms with Crippen LogP contribution in [0.2, 0.25) is 0 Å². The molecule has 0 aliphatic carbocycles. The highest BCUT2D eigenvalue weighted by molar-refractivity contribution is 5.69. The van der Waals surface area contributed by atoms with E-state index in [9.17, 15) is 0 Å². The first kappa shape index (κ1) is 24.1. The molecule has 0 unspecified atom stereocenters. The van der Waals surface area contributed by atoms with Gasteiger partial charge in [-0.3, -0.25) is 0 Å². The quantitative estimate of drug-likeness (QED) is 0.305. The van der Waals surface area contributed by atoms with E-state index in [4.69, 9.17) is 0 Å². The molecule has 0 spiro atoms. The predicted octanol–water partition coefficient (Wildman–Crippen LogP) is 4.01. The third kappa shape index (κ3) is 10.2. The van der Waals surface area contributed by atoms with Crippen LogP contribution < -0.4 is 21.5 Å². The number of benzene rings is 1. The van der Waals surface area contributed by atoms with E-state index in [2.05, 4.69) is 46.9 Å². The highest BCUT2D eigenvalue weighted by Crippen LogP contribution is 2.13. The summed E-state index contributed by atoms with van der Waals surface area (Å²) in [5.74, 6) is 0. The average molecular weight is 435 g/mol. The average Bonchev–Trinajstić information content (AvgIpc) is 2.68. The Hall–Kier alpha value is -0.960. The molecule has 0 aliphatic rings. The highest BCUT2D eigenvalue weighted by Gasteiger charge is 2.07. The van der Waals surface area contributed by atoms with Gasteiger partial charge >= 0.3 is 0 Å². The number of halogens is 1. The molecular formula is C24H39BrN2. The van der Waals surface area contributed by atoms with Gasteiger partial charge in [0.05, 0.1) is 6.20 Å². The van der Waals surface area contributed by atoms with Crippen LogP contribution in [-0.4, -0.2) is 4.98 Å². The van der Waals surface area contributed by atoms with Crippen LogP contribution >= 0.6 is 0 Å². The second-order valence-electron chi connectivity index (χ2n) is 7.71. The van der Waals surface area contributed by atoms with Gasteiger partial charge in [-0.1, -0.05) is 96.1 Å². The fourth-order valence-electron chi connectivity index (χ4n) is 3.76. The maximum atomic E-state index is 4.44. The summed E-state index contributed by atoms with van der Waals surface area (Å²) in [5.41, 5.74) is 2.35. The van der Waals surface area contributed by atoms with E-state index in [-0.39, 0.29) is 17.0 Å². The van der Waals surface area contributed by atoms with Crippen molar-refractivity contribution < 1.29 is 21.5 Å². The molecule has 0 N–H and O–H groups in total. The smallest absolute Gasteiger partial charge is 0.231 e. The lowest BCUT2D eigenvalue weighted by molar-refractivity contribution is -0.672. The van der Waals surface area contributed by atoms with E-state index < -0.39 is 0 Å². The normalized spacial score (nSPS) is 10.9. The van der Waals surface area contributed by atoms with Crippen molar-refractivity contribution in [2.75, 3.05) is 0 Å². The molecule has 0 saturated carbocycles. The van der Waals surface area contributed by atoms with Crippen molar-refractivity contribution in [3.63, 3.8) is 0 Å². The molecule has 1 aromatic carbocycles. The topological polar surface area (TPSA) is 16.8 Å². The predicted molar refractivity (Wildman–Crippen MR) is 112 cm³/mol. The zero-order valence-electron chi connectivity index (χ0n) is 17.3. The van der Waals surface area contributed by atoms with Gasteiger partial charge in [-0.15, -0.1) is 0 Å². The number of hydrogen-bond donors (Lipinski definition) is 0. The summed E-state index contributed by atoms with van der Waals surface area (Å²) in [4.78, 5) is 4.44. The Bertz CT molecular complexity index is 594. The minimum atomic E-state index is 0. The Balaban J connectivity index is 0.00000364. The number of hydrogen-bond acceptors (Lipinski definition) is 1. The molecule has 0 aliphatic heterocycles. The molecule has 2 rings (SSSR count). The fourth-order valence-corrected chi connectivity index (χ4v) is 3.76. The third-order valence-electron chi connectivity index (χ3n) is 5.40. The van der Waals surface area contributed by atoms with Crippen LogP contribution in [0.25, 0.3) is 11.0 Å². The lowest BCUT2D eigenvalue weighted by Gasteiger charge is -2.03. The van der Waals surface area contributed by atoms with Gasteiger partial charge in [-0.05, 0) is 12.5 Å². The first-order valence-electron chi connectivity index (χ1n) is 11.1. The monoisotopic (exact) mass is 434 g/mol. The minimum absolute atomic E-state index is 0. The third-order valence-corrected chi connectivity index (χ3v) is 5.40. The van der Waals surface area contributed by atoms with Crippen molar-refractivity contribution in [3.05, 3.63) is 36.7 Å². The molecule has 0 atom stereocenters. The second kappa shape index (κ2) is 16.0. The van der Waals surface area contributed by atoms with Gasteiger partial charge in [0.1, 0.15) is 12.1 Å². The SMILES string of the molecule is CCCCCCCCCCCCCCCC[n+]1ccnc2ccccc21.[Br-]. The van der Waals surface area contributed by atoms with Crippen molar-refractivity contribution in [1.29, 1.82) is 0 Å². The lowest BCUT2D eigenvalue weighted by atomic mass is 10.0. The van der Waals surface area contributed by atoms with Crippen LogP contribution in [0.15, 0.2) is 36.7 Å². The molecule has 0 fully saturated rings. The molecule has 0 bridgehead atoms. The van der Waals surface area contributed by atoms with Crippen molar-refractivity contribution in [2.45, 2.75) is 103 Å². The van der Waals surface area contributed by atoms with Gasteiger partial charge in [0.25, 0.3) is 0 Å². The van der Waals surface area contributed by atoms with E-state index in [0.29, 0.717) is 0 Å². The first-order chi connectivity index (χ1) is 12.9. The van der Waals surface area contributed by atoms with Crippen LogP contribution in [0.4, 0.5) is 0 Å². The van der Waals surface area contributed by atoms with Gasteiger partial charge in [0.15, 0.2) is 6.20 Å². The van der Waals surface area contributed by atoms with Gasteiger partial charge in [0.2, 0.25) is 5.52 Å². The van der Waals surface area contributed by atoms with Crippen LogP contribution in [0, 0.1) is 0 Å². The molecular weight excluding hydrogens is 396 g/mol. The fraction of sp³-hybridized carbons (Fsp3) is 0.667. The number of aromatic nitrogens is 2. The van der Waals surface area contributed by atoms with E-state index in [1.807, 2.05) is 6.20 Å². The maximum Gasteiger partial charge on any atom is 0.231 e. The van der Waals surface area contributed by atoms with Gasteiger partial charge in [0, 0.05) is 12.5 Å². The lowest BCUT2D eigenvalue weighted by Crippen LogP contribution is -3.00. The number of unbranched alkanes of at least 4 members (excludes halogenated alkanes) is 13. The van der Waals surface area contributed by atoms with Crippen LogP contribution in [0.1, 0.15) is 96.8 Å². The Morgan fingerprint density at radius 2 is 1.22 bits per heavy atom. The number of fused-ring (bicyclic) bond motifs is 1. The Labute approximate surface area is 177 Å². The summed E-state index contributed by atoms with van der Waals surface area (Å²) in [6, 6.07) is 8.43. The van der Waals surface area contributed by atoms with E-state index >= 15 is 0 Å². The van der Waals surface area contributed by atoms with Gasteiger partial charge in [-0.2, -0.15) is 4.57 Å².